The SMILES string of the molecule is COc1cccc(-c2csc(N[C@@H](Cc3ccc(C(N)=O)cc3)c3csc(C4CC4)n3)n2)c1. The first-order valence-electron chi connectivity index (χ1n) is 10.8. The number of hydrogen-bond acceptors (Lipinski definition) is 7. The van der Waals surface area contributed by atoms with Crippen LogP contribution >= 0.6 is 22.7 Å². The van der Waals surface area contributed by atoms with E-state index in [4.69, 9.17) is 20.4 Å². The van der Waals surface area contributed by atoms with Gasteiger partial charge in [-0.1, -0.05) is 24.3 Å². The molecule has 0 spiro atoms. The van der Waals surface area contributed by atoms with Crippen LogP contribution in [0, 0.1) is 0 Å². The summed E-state index contributed by atoms with van der Waals surface area (Å²) in [5, 5.41) is 9.86. The summed E-state index contributed by atoms with van der Waals surface area (Å²) in [7, 11) is 1.66. The molecule has 8 heteroatoms. The molecule has 2 aromatic carbocycles. The number of carbonyl (C=O) groups excluding carboxylic acids is 1. The number of rotatable bonds is 9. The molecule has 0 radical (unpaired) electrons. The summed E-state index contributed by atoms with van der Waals surface area (Å²) in [5.74, 6) is 1.01. The number of thiazole rings is 2. The molecule has 0 bridgehead atoms. The molecule has 5 rings (SSSR count). The van der Waals surface area contributed by atoms with E-state index in [1.54, 1.807) is 41.9 Å². The Morgan fingerprint density at radius 3 is 2.70 bits per heavy atom. The molecule has 1 fully saturated rings. The highest BCUT2D eigenvalue weighted by atomic mass is 32.1. The minimum Gasteiger partial charge on any atom is -0.497 e. The Hall–Kier alpha value is -3.23. The molecule has 1 saturated carbocycles. The van der Waals surface area contributed by atoms with Gasteiger partial charge in [-0.25, -0.2) is 9.97 Å². The van der Waals surface area contributed by atoms with Crippen LogP contribution in [0.4, 0.5) is 5.13 Å². The zero-order valence-electron chi connectivity index (χ0n) is 18.2. The number of anilines is 1. The van der Waals surface area contributed by atoms with E-state index >= 15 is 0 Å². The van der Waals surface area contributed by atoms with Crippen LogP contribution in [0.5, 0.6) is 5.75 Å². The van der Waals surface area contributed by atoms with Crippen molar-refractivity contribution in [3.8, 4) is 17.0 Å². The van der Waals surface area contributed by atoms with Gasteiger partial charge < -0.3 is 15.8 Å². The van der Waals surface area contributed by atoms with Crippen molar-refractivity contribution >= 4 is 33.7 Å². The van der Waals surface area contributed by atoms with Gasteiger partial charge in [0.25, 0.3) is 0 Å². The predicted molar refractivity (Wildman–Crippen MR) is 133 cm³/mol. The average molecular weight is 477 g/mol. The van der Waals surface area contributed by atoms with Crippen molar-refractivity contribution in [1.29, 1.82) is 0 Å². The van der Waals surface area contributed by atoms with Crippen LogP contribution in [-0.4, -0.2) is 23.0 Å². The fourth-order valence-electron chi connectivity index (χ4n) is 3.65. The monoisotopic (exact) mass is 476 g/mol. The molecule has 168 valence electrons. The number of primary amides is 1. The molecule has 0 unspecified atom stereocenters. The Bertz CT molecular complexity index is 1260. The van der Waals surface area contributed by atoms with E-state index < -0.39 is 5.91 Å². The summed E-state index contributed by atoms with van der Waals surface area (Å²) in [6.07, 6.45) is 3.19. The number of ether oxygens (including phenoxy) is 1. The summed E-state index contributed by atoms with van der Waals surface area (Å²) in [5.41, 5.74) is 9.95. The molecule has 0 aliphatic heterocycles. The third-order valence-corrected chi connectivity index (χ3v) is 7.47. The van der Waals surface area contributed by atoms with Gasteiger partial charge in [-0.05, 0) is 49.1 Å². The van der Waals surface area contributed by atoms with Gasteiger partial charge in [-0.2, -0.15) is 0 Å². The summed E-state index contributed by atoms with van der Waals surface area (Å²) < 4.78 is 5.35. The van der Waals surface area contributed by atoms with E-state index in [1.165, 1.54) is 17.8 Å². The van der Waals surface area contributed by atoms with E-state index in [1.807, 2.05) is 41.8 Å². The van der Waals surface area contributed by atoms with Crippen molar-refractivity contribution in [3.63, 3.8) is 0 Å². The summed E-state index contributed by atoms with van der Waals surface area (Å²) in [6.45, 7) is 0. The maximum atomic E-state index is 11.4. The first kappa shape index (κ1) is 21.6. The smallest absolute Gasteiger partial charge is 0.248 e. The van der Waals surface area contributed by atoms with Gasteiger partial charge in [0.1, 0.15) is 5.75 Å². The van der Waals surface area contributed by atoms with Crippen LogP contribution in [0.1, 0.15) is 51.4 Å². The lowest BCUT2D eigenvalue weighted by atomic mass is 10.0. The fraction of sp³-hybridized carbons (Fsp3) is 0.240. The largest absolute Gasteiger partial charge is 0.497 e. The van der Waals surface area contributed by atoms with Crippen LogP contribution in [-0.2, 0) is 6.42 Å². The molecule has 1 atom stereocenters. The van der Waals surface area contributed by atoms with E-state index in [-0.39, 0.29) is 6.04 Å². The van der Waals surface area contributed by atoms with Gasteiger partial charge in [0.2, 0.25) is 5.91 Å². The predicted octanol–water partition coefficient (Wildman–Crippen LogP) is 5.65. The first-order chi connectivity index (χ1) is 16.1. The highest BCUT2D eigenvalue weighted by Crippen LogP contribution is 2.42. The lowest BCUT2D eigenvalue weighted by Gasteiger charge is -2.17. The summed E-state index contributed by atoms with van der Waals surface area (Å²) in [6, 6.07) is 15.3. The number of nitrogens with two attached hydrogens (primary N) is 1. The third kappa shape index (κ3) is 5.07. The molecule has 6 nitrogen and oxygen atoms in total. The molecule has 2 aromatic heterocycles. The van der Waals surface area contributed by atoms with E-state index in [9.17, 15) is 4.79 Å². The van der Waals surface area contributed by atoms with Crippen LogP contribution < -0.4 is 15.8 Å². The van der Waals surface area contributed by atoms with Gasteiger partial charge in [0.05, 0.1) is 29.5 Å². The minimum atomic E-state index is -0.419. The summed E-state index contributed by atoms with van der Waals surface area (Å²) >= 11 is 3.31. The van der Waals surface area contributed by atoms with Crippen molar-refractivity contribution < 1.29 is 9.53 Å². The number of carbonyl (C=O) groups is 1. The van der Waals surface area contributed by atoms with Crippen molar-refractivity contribution in [2.45, 2.75) is 31.2 Å². The number of benzene rings is 2. The van der Waals surface area contributed by atoms with Gasteiger partial charge >= 0.3 is 0 Å². The Kier molecular flexibility index (Phi) is 6.11. The molecule has 1 amide bonds. The van der Waals surface area contributed by atoms with Crippen molar-refractivity contribution in [1.82, 2.24) is 9.97 Å². The minimum absolute atomic E-state index is 0.0301. The molecule has 33 heavy (non-hydrogen) atoms. The normalized spacial score (nSPS) is 14.1. The molecule has 3 N–H and O–H groups in total. The van der Waals surface area contributed by atoms with Gasteiger partial charge in [-0.3, -0.25) is 4.79 Å². The third-order valence-electron chi connectivity index (χ3n) is 5.67. The van der Waals surface area contributed by atoms with Crippen molar-refractivity contribution in [2.24, 2.45) is 5.73 Å². The Morgan fingerprint density at radius 1 is 1.15 bits per heavy atom. The zero-order valence-corrected chi connectivity index (χ0v) is 19.8. The van der Waals surface area contributed by atoms with Gasteiger partial charge in [-0.15, -0.1) is 22.7 Å². The van der Waals surface area contributed by atoms with E-state index in [2.05, 4.69) is 10.7 Å². The highest BCUT2D eigenvalue weighted by Gasteiger charge is 2.28. The van der Waals surface area contributed by atoms with Crippen LogP contribution in [0.3, 0.4) is 0 Å². The van der Waals surface area contributed by atoms with Crippen LogP contribution in [0.25, 0.3) is 11.3 Å². The van der Waals surface area contributed by atoms with Crippen LogP contribution in [0.15, 0.2) is 59.3 Å². The molecule has 4 aromatic rings. The second kappa shape index (κ2) is 9.33. The number of nitrogens with one attached hydrogen (secondary N) is 1. The molecule has 0 saturated heterocycles. The molecule has 1 aliphatic rings. The lowest BCUT2D eigenvalue weighted by molar-refractivity contribution is 0.100. The average Bonchev–Trinajstić information content (AvgIpc) is 3.37. The lowest BCUT2D eigenvalue weighted by Crippen LogP contribution is -2.15. The Morgan fingerprint density at radius 2 is 1.97 bits per heavy atom. The number of aromatic nitrogens is 2. The van der Waals surface area contributed by atoms with E-state index in [0.717, 1.165) is 39.8 Å². The molecular weight excluding hydrogens is 452 g/mol. The first-order valence-corrected chi connectivity index (χ1v) is 12.6. The number of nitrogens with zero attached hydrogens (tertiary/aromatic N) is 2. The zero-order chi connectivity index (χ0) is 22.8. The maximum Gasteiger partial charge on any atom is 0.248 e. The fourth-order valence-corrected chi connectivity index (χ4v) is 5.47. The van der Waals surface area contributed by atoms with Crippen molar-refractivity contribution in [3.05, 3.63) is 81.1 Å². The Balaban J connectivity index is 1.39. The number of amides is 1. The maximum absolute atomic E-state index is 11.4. The second-order valence-corrected chi connectivity index (χ2v) is 9.86. The second-order valence-electron chi connectivity index (χ2n) is 8.12. The molecule has 1 aliphatic carbocycles. The van der Waals surface area contributed by atoms with Gasteiger partial charge in [0.15, 0.2) is 5.13 Å². The van der Waals surface area contributed by atoms with Crippen LogP contribution in [0.2, 0.25) is 0 Å². The topological polar surface area (TPSA) is 90.1 Å². The summed E-state index contributed by atoms with van der Waals surface area (Å²) in [4.78, 5) is 21.2. The van der Waals surface area contributed by atoms with E-state index in [0.29, 0.717) is 11.5 Å². The molecular formula is C25H24N4O2S2. The Labute approximate surface area is 200 Å². The van der Waals surface area contributed by atoms with Crippen molar-refractivity contribution in [2.75, 3.05) is 12.4 Å². The standard InChI is InChI=1S/C25H24N4O2S2/c1-31-19-4-2-3-18(12-19)21-13-33-25(29-21)28-20(22-14-32-24(27-22)17-9-10-17)11-15-5-7-16(8-6-15)23(26)30/h2-8,12-14,17,20H,9-11H2,1H3,(H2,26,30)(H,28,29)/t20-/m0/s1. The number of methoxy groups -OCH3 is 1. The highest BCUT2D eigenvalue weighted by molar-refractivity contribution is 7.14. The molecule has 2 heterocycles. The quantitative estimate of drug-likeness (QED) is 0.326. The van der Waals surface area contributed by atoms with Gasteiger partial charge in [0, 0.05) is 27.8 Å². The number of hydrogen-bond donors (Lipinski definition) is 2.